The highest BCUT2D eigenvalue weighted by Gasteiger charge is 2.30. The molecule has 35 heavy (non-hydrogen) atoms. The molecule has 9 heteroatoms. The van der Waals surface area contributed by atoms with Crippen LogP contribution < -0.4 is 9.47 Å². The summed E-state index contributed by atoms with van der Waals surface area (Å²) in [7, 11) is 1.16. The first-order valence-electron chi connectivity index (χ1n) is 10.4. The molecule has 2 aromatic carbocycles. The zero-order valence-electron chi connectivity index (χ0n) is 19.0. The first-order valence-corrected chi connectivity index (χ1v) is 10.4. The number of ether oxygens (including phenoxy) is 4. The van der Waals surface area contributed by atoms with Gasteiger partial charge in [-0.15, -0.1) is 0 Å². The van der Waals surface area contributed by atoms with Crippen LogP contribution in [-0.4, -0.2) is 32.3 Å². The summed E-state index contributed by atoms with van der Waals surface area (Å²) in [4.78, 5) is 24.2. The van der Waals surface area contributed by atoms with E-state index in [9.17, 15) is 22.8 Å². The van der Waals surface area contributed by atoms with E-state index in [4.69, 9.17) is 14.2 Å². The average Bonchev–Trinajstić information content (AvgIpc) is 2.84. The van der Waals surface area contributed by atoms with Crippen molar-refractivity contribution < 1.29 is 41.7 Å². The van der Waals surface area contributed by atoms with Crippen LogP contribution in [0.2, 0.25) is 0 Å². The Kier molecular flexibility index (Phi) is 10.1. The minimum Gasteiger partial charge on any atom is -0.486 e. The maximum Gasteiger partial charge on any atom is 0.416 e. The van der Waals surface area contributed by atoms with Crippen LogP contribution in [0.4, 0.5) is 13.2 Å². The molecule has 0 bridgehead atoms. The van der Waals surface area contributed by atoms with Crippen LogP contribution in [0.1, 0.15) is 29.2 Å². The normalized spacial score (nSPS) is 12.0. The van der Waals surface area contributed by atoms with Crippen molar-refractivity contribution in [3.8, 4) is 11.5 Å². The van der Waals surface area contributed by atoms with Gasteiger partial charge in [-0.1, -0.05) is 43.5 Å². The molecule has 0 N–H and O–H groups in total. The third kappa shape index (κ3) is 8.69. The quantitative estimate of drug-likeness (QED) is 0.216. The van der Waals surface area contributed by atoms with Crippen molar-refractivity contribution >= 4 is 18.0 Å². The summed E-state index contributed by atoms with van der Waals surface area (Å²) in [6.07, 6.45) is -0.272. The minimum absolute atomic E-state index is 0.217. The molecule has 2 aromatic rings. The molecule has 0 heterocycles. The van der Waals surface area contributed by atoms with Gasteiger partial charge in [-0.25, -0.2) is 4.79 Å². The first-order chi connectivity index (χ1) is 16.7. The van der Waals surface area contributed by atoms with E-state index in [0.29, 0.717) is 17.1 Å². The SMILES string of the molecule is C=CCOc1ccc(/C=C/C(=O)OC(CC(=O)OC)c2ccc(C(F)(F)F)cc2)cc1OCC=C. The number of esters is 2. The Balaban J connectivity index is 2.19. The van der Waals surface area contributed by atoms with Crippen LogP contribution in [0, 0.1) is 0 Å². The first kappa shape index (κ1) is 27.2. The summed E-state index contributed by atoms with van der Waals surface area (Å²) in [5, 5.41) is 0. The van der Waals surface area contributed by atoms with Crippen molar-refractivity contribution in [1.29, 1.82) is 0 Å². The molecule has 0 amide bonds. The number of methoxy groups -OCH3 is 1. The van der Waals surface area contributed by atoms with E-state index in [2.05, 4.69) is 17.9 Å². The molecular weight excluding hydrogens is 465 g/mol. The topological polar surface area (TPSA) is 71.1 Å². The number of carbonyl (C=O) groups is 2. The lowest BCUT2D eigenvalue weighted by Crippen LogP contribution is -2.15. The molecule has 0 aliphatic heterocycles. The third-order valence-electron chi connectivity index (χ3n) is 4.54. The second-order valence-corrected chi connectivity index (χ2v) is 7.06. The molecule has 6 nitrogen and oxygen atoms in total. The van der Waals surface area contributed by atoms with Crippen LogP contribution in [0.25, 0.3) is 6.08 Å². The van der Waals surface area contributed by atoms with Gasteiger partial charge >= 0.3 is 18.1 Å². The standard InChI is InChI=1S/C26H25F3O6/c1-4-14-33-21-12-6-18(16-23(21)34-15-5-2)7-13-24(30)35-22(17-25(31)32-3)19-8-10-20(11-9-19)26(27,28)29/h4-13,16,22H,1-2,14-15,17H2,3H3/b13-7+. The van der Waals surface area contributed by atoms with E-state index >= 15 is 0 Å². The van der Waals surface area contributed by atoms with E-state index in [1.165, 1.54) is 6.08 Å². The fourth-order valence-electron chi connectivity index (χ4n) is 2.85. The molecule has 0 fully saturated rings. The predicted octanol–water partition coefficient (Wildman–Crippen LogP) is 5.70. The summed E-state index contributed by atoms with van der Waals surface area (Å²) in [5.74, 6) is -0.590. The fraction of sp³-hybridized carbons (Fsp3) is 0.231. The van der Waals surface area contributed by atoms with Gasteiger partial charge in [0.05, 0.1) is 19.1 Å². The predicted molar refractivity (Wildman–Crippen MR) is 124 cm³/mol. The Morgan fingerprint density at radius 3 is 2.17 bits per heavy atom. The molecule has 0 saturated carbocycles. The van der Waals surface area contributed by atoms with Crippen LogP contribution in [0.3, 0.4) is 0 Å². The van der Waals surface area contributed by atoms with Gasteiger partial charge in [-0.3, -0.25) is 4.79 Å². The van der Waals surface area contributed by atoms with Crippen LogP contribution in [-0.2, 0) is 25.2 Å². The van der Waals surface area contributed by atoms with E-state index in [0.717, 1.165) is 37.5 Å². The number of rotatable bonds is 12. The van der Waals surface area contributed by atoms with Crippen molar-refractivity contribution in [3.05, 3.63) is 90.5 Å². The molecule has 186 valence electrons. The molecule has 0 aliphatic rings. The van der Waals surface area contributed by atoms with Gasteiger partial charge in [0.25, 0.3) is 0 Å². The highest BCUT2D eigenvalue weighted by atomic mass is 19.4. The summed E-state index contributed by atoms with van der Waals surface area (Å²) >= 11 is 0. The van der Waals surface area contributed by atoms with Gasteiger partial charge in [0.15, 0.2) is 11.5 Å². The smallest absolute Gasteiger partial charge is 0.416 e. The van der Waals surface area contributed by atoms with Gasteiger partial charge in [0, 0.05) is 6.08 Å². The minimum atomic E-state index is -4.52. The fourth-order valence-corrected chi connectivity index (χ4v) is 2.85. The van der Waals surface area contributed by atoms with Crippen molar-refractivity contribution in [3.63, 3.8) is 0 Å². The molecule has 0 radical (unpaired) electrons. The van der Waals surface area contributed by atoms with Crippen molar-refractivity contribution in [2.75, 3.05) is 20.3 Å². The highest BCUT2D eigenvalue weighted by Crippen LogP contribution is 2.32. The number of hydrogen-bond acceptors (Lipinski definition) is 6. The van der Waals surface area contributed by atoms with E-state index in [1.54, 1.807) is 30.4 Å². The van der Waals surface area contributed by atoms with Gasteiger partial charge in [-0.05, 0) is 41.5 Å². The lowest BCUT2D eigenvalue weighted by atomic mass is 10.0. The van der Waals surface area contributed by atoms with E-state index < -0.39 is 29.8 Å². The van der Waals surface area contributed by atoms with Crippen LogP contribution in [0.5, 0.6) is 11.5 Å². The van der Waals surface area contributed by atoms with Crippen LogP contribution in [0.15, 0.2) is 73.9 Å². The second kappa shape index (κ2) is 13.0. The molecule has 0 saturated heterocycles. The summed E-state index contributed by atoms with van der Waals surface area (Å²) in [6, 6.07) is 9.00. The number of carbonyl (C=O) groups excluding carboxylic acids is 2. The van der Waals surface area contributed by atoms with Crippen LogP contribution >= 0.6 is 0 Å². The zero-order valence-corrected chi connectivity index (χ0v) is 19.0. The Hall–Kier alpha value is -4.01. The summed E-state index contributed by atoms with van der Waals surface area (Å²) < 4.78 is 59.6. The number of hydrogen-bond donors (Lipinski definition) is 0. The Labute approximate surface area is 201 Å². The second-order valence-electron chi connectivity index (χ2n) is 7.06. The summed E-state index contributed by atoms with van der Waals surface area (Å²) in [5.41, 5.74) is -0.0562. The maximum atomic E-state index is 12.8. The van der Waals surface area contributed by atoms with Crippen molar-refractivity contribution in [2.45, 2.75) is 18.7 Å². The van der Waals surface area contributed by atoms with E-state index in [1.807, 2.05) is 0 Å². The zero-order chi connectivity index (χ0) is 25.8. The van der Waals surface area contributed by atoms with Crippen molar-refractivity contribution in [2.24, 2.45) is 0 Å². The van der Waals surface area contributed by atoms with Gasteiger partial charge < -0.3 is 18.9 Å². The summed E-state index contributed by atoms with van der Waals surface area (Å²) in [6.45, 7) is 7.71. The molecule has 0 aliphatic carbocycles. The number of benzene rings is 2. The Bertz CT molecular complexity index is 1060. The van der Waals surface area contributed by atoms with E-state index in [-0.39, 0.29) is 25.2 Å². The lowest BCUT2D eigenvalue weighted by molar-refractivity contribution is -0.150. The molecule has 1 unspecified atom stereocenters. The maximum absolute atomic E-state index is 12.8. The monoisotopic (exact) mass is 490 g/mol. The average molecular weight is 490 g/mol. The largest absolute Gasteiger partial charge is 0.486 e. The third-order valence-corrected chi connectivity index (χ3v) is 4.54. The van der Waals surface area contributed by atoms with Crippen molar-refractivity contribution in [1.82, 2.24) is 0 Å². The lowest BCUT2D eigenvalue weighted by Gasteiger charge is -2.17. The Morgan fingerprint density at radius 2 is 1.60 bits per heavy atom. The number of halogens is 3. The van der Waals surface area contributed by atoms with Gasteiger partial charge in [0.1, 0.15) is 19.3 Å². The van der Waals surface area contributed by atoms with Gasteiger partial charge in [-0.2, -0.15) is 13.2 Å². The molecule has 2 rings (SSSR count). The Morgan fingerprint density at radius 1 is 0.971 bits per heavy atom. The molecule has 0 aromatic heterocycles. The molecular formula is C26H25F3O6. The molecule has 0 spiro atoms. The molecule has 1 atom stereocenters. The van der Waals surface area contributed by atoms with Gasteiger partial charge in [0.2, 0.25) is 0 Å². The highest BCUT2D eigenvalue weighted by molar-refractivity contribution is 5.87. The number of alkyl halides is 3.